The zero-order valence-electron chi connectivity index (χ0n) is 14.9. The van der Waals surface area contributed by atoms with Gasteiger partial charge in [-0.3, -0.25) is 14.4 Å². The van der Waals surface area contributed by atoms with Gasteiger partial charge < -0.3 is 9.47 Å². The quantitative estimate of drug-likeness (QED) is 0.745. The fourth-order valence-corrected chi connectivity index (χ4v) is 3.50. The zero-order chi connectivity index (χ0) is 19.3. The molecule has 7 heteroatoms. The first-order valence-corrected chi connectivity index (χ1v) is 9.21. The molecule has 0 spiro atoms. The van der Waals surface area contributed by atoms with Gasteiger partial charge in [0.1, 0.15) is 0 Å². The Bertz CT molecular complexity index is 786. The Hall–Kier alpha value is -1.85. The van der Waals surface area contributed by atoms with Crippen LogP contribution in [0.25, 0.3) is 10.9 Å². The van der Waals surface area contributed by atoms with E-state index in [2.05, 4.69) is 0 Å². The van der Waals surface area contributed by atoms with Crippen LogP contribution >= 0.6 is 23.2 Å². The molecule has 1 aliphatic rings. The van der Waals surface area contributed by atoms with Crippen LogP contribution in [0.3, 0.4) is 0 Å². The highest BCUT2D eigenvalue weighted by molar-refractivity contribution is 6.64. The first-order chi connectivity index (χ1) is 12.3. The van der Waals surface area contributed by atoms with E-state index < -0.39 is 0 Å². The van der Waals surface area contributed by atoms with Crippen LogP contribution in [-0.4, -0.2) is 38.9 Å². The molecule has 1 amide bonds. The Kier molecular flexibility index (Phi) is 7.23. The predicted molar refractivity (Wildman–Crippen MR) is 103 cm³/mol. The van der Waals surface area contributed by atoms with Crippen molar-refractivity contribution in [1.82, 2.24) is 9.47 Å². The van der Waals surface area contributed by atoms with Crippen LogP contribution in [-0.2, 0) is 27.9 Å². The number of piperidine rings is 1. The van der Waals surface area contributed by atoms with Crippen molar-refractivity contribution in [2.24, 2.45) is 13.0 Å². The van der Waals surface area contributed by atoms with E-state index in [0.717, 1.165) is 16.5 Å². The Morgan fingerprint density at radius 3 is 2.27 bits per heavy atom. The summed E-state index contributed by atoms with van der Waals surface area (Å²) in [7, 11) is 1.96. The number of carbonyl (C=O) groups excluding carboxylic acids is 3. The van der Waals surface area contributed by atoms with Gasteiger partial charge in [-0.25, -0.2) is 0 Å². The van der Waals surface area contributed by atoms with Crippen molar-refractivity contribution in [2.45, 2.75) is 26.2 Å². The normalized spacial score (nSPS) is 14.7. The SMILES string of the molecule is CC(=O)N1CCC(C(=O)Cl)CC1.Cn1cc(CC(=O)Cl)c2ccccc21. The number of hydrogen-bond donors (Lipinski definition) is 0. The van der Waals surface area contributed by atoms with Crippen LogP contribution in [0.2, 0.25) is 0 Å². The summed E-state index contributed by atoms with van der Waals surface area (Å²) in [5.74, 6) is 0.0396. The van der Waals surface area contributed by atoms with E-state index in [0.29, 0.717) is 32.4 Å². The fraction of sp³-hybridized carbons (Fsp3) is 0.421. The molecule has 0 radical (unpaired) electrons. The summed E-state index contributed by atoms with van der Waals surface area (Å²) in [5, 5.41) is 0.517. The van der Waals surface area contributed by atoms with Crippen LogP contribution in [0.5, 0.6) is 0 Å². The number of para-hydroxylation sites is 1. The molecule has 0 bridgehead atoms. The Morgan fingerprint density at radius 1 is 1.12 bits per heavy atom. The molecular formula is C19H22Cl2N2O3. The molecule has 5 nitrogen and oxygen atoms in total. The second kappa shape index (κ2) is 9.19. The van der Waals surface area contributed by atoms with Crippen molar-refractivity contribution in [2.75, 3.05) is 13.1 Å². The Morgan fingerprint density at radius 2 is 1.73 bits per heavy atom. The number of fused-ring (bicyclic) bond motifs is 1. The Balaban J connectivity index is 0.000000190. The number of amides is 1. The highest BCUT2D eigenvalue weighted by Gasteiger charge is 2.24. The molecule has 0 aliphatic carbocycles. The van der Waals surface area contributed by atoms with Crippen LogP contribution in [0.1, 0.15) is 25.3 Å². The highest BCUT2D eigenvalue weighted by Crippen LogP contribution is 2.21. The molecule has 1 aliphatic heterocycles. The summed E-state index contributed by atoms with van der Waals surface area (Å²) in [6, 6.07) is 7.97. The van der Waals surface area contributed by atoms with Gasteiger partial charge in [0.2, 0.25) is 16.4 Å². The smallest absolute Gasteiger partial charge is 0.226 e. The van der Waals surface area contributed by atoms with Gasteiger partial charge in [0.05, 0.1) is 0 Å². The molecule has 3 rings (SSSR count). The summed E-state index contributed by atoms with van der Waals surface area (Å²) in [4.78, 5) is 34.2. The van der Waals surface area contributed by atoms with Gasteiger partial charge in [-0.1, -0.05) is 18.2 Å². The predicted octanol–water partition coefficient (Wildman–Crippen LogP) is 3.50. The Labute approximate surface area is 162 Å². The lowest BCUT2D eigenvalue weighted by Crippen LogP contribution is -2.38. The minimum Gasteiger partial charge on any atom is -0.350 e. The minimum absolute atomic E-state index is 0.0396. The van der Waals surface area contributed by atoms with Crippen LogP contribution in [0, 0.1) is 5.92 Å². The first kappa shape index (κ1) is 20.5. The minimum atomic E-state index is -0.318. The molecule has 0 N–H and O–H groups in total. The third-order valence-corrected chi connectivity index (χ3v) is 5.01. The number of likely N-dealkylation sites (tertiary alicyclic amines) is 1. The maximum Gasteiger partial charge on any atom is 0.226 e. The summed E-state index contributed by atoms with van der Waals surface area (Å²) in [6.45, 7) is 2.87. The monoisotopic (exact) mass is 396 g/mol. The second-order valence-corrected chi connectivity index (χ2v) is 7.19. The fourth-order valence-electron chi connectivity index (χ4n) is 3.14. The molecule has 2 aromatic rings. The summed E-state index contributed by atoms with van der Waals surface area (Å²) >= 11 is 10.7. The molecular weight excluding hydrogens is 375 g/mol. The molecule has 140 valence electrons. The van der Waals surface area contributed by atoms with E-state index in [-0.39, 0.29) is 22.3 Å². The summed E-state index contributed by atoms with van der Waals surface area (Å²) in [5.41, 5.74) is 2.11. The van der Waals surface area contributed by atoms with Gasteiger partial charge in [0.15, 0.2) is 0 Å². The maximum atomic E-state index is 10.9. The number of aryl methyl sites for hydroxylation is 1. The number of halogens is 2. The number of aromatic nitrogens is 1. The standard InChI is InChI=1S/C11H10ClNO.C8H12ClNO2/c1-13-7-8(6-11(12)14)9-4-2-3-5-10(9)13;1-6(11)10-4-2-7(3-5-10)8(9)12/h2-5,7H,6H2,1H3;7H,2-5H2,1H3. The van der Waals surface area contributed by atoms with E-state index in [4.69, 9.17) is 23.2 Å². The third-order valence-electron chi connectivity index (χ3n) is 4.57. The topological polar surface area (TPSA) is 59.4 Å². The van der Waals surface area contributed by atoms with E-state index in [1.807, 2.05) is 42.1 Å². The maximum absolute atomic E-state index is 10.9. The number of benzene rings is 1. The van der Waals surface area contributed by atoms with Crippen molar-refractivity contribution in [3.8, 4) is 0 Å². The van der Waals surface area contributed by atoms with E-state index in [1.54, 1.807) is 11.8 Å². The number of hydrogen-bond acceptors (Lipinski definition) is 3. The van der Waals surface area contributed by atoms with Gasteiger partial charge in [0.25, 0.3) is 0 Å². The van der Waals surface area contributed by atoms with Crippen molar-refractivity contribution < 1.29 is 14.4 Å². The van der Waals surface area contributed by atoms with Gasteiger partial charge in [-0.05, 0) is 47.7 Å². The largest absolute Gasteiger partial charge is 0.350 e. The summed E-state index contributed by atoms with van der Waals surface area (Å²) in [6.07, 6.45) is 3.66. The van der Waals surface area contributed by atoms with Crippen LogP contribution in [0.15, 0.2) is 30.5 Å². The molecule has 26 heavy (non-hydrogen) atoms. The number of rotatable bonds is 3. The van der Waals surface area contributed by atoms with Crippen LogP contribution in [0.4, 0.5) is 0 Å². The molecule has 1 aromatic carbocycles. The molecule has 1 saturated heterocycles. The average molecular weight is 397 g/mol. The number of carbonyl (C=O) groups is 3. The van der Waals surface area contributed by atoms with Gasteiger partial charge in [0, 0.05) is 56.5 Å². The summed E-state index contributed by atoms with van der Waals surface area (Å²) < 4.78 is 2.00. The second-order valence-electron chi connectivity index (χ2n) is 6.40. The van der Waals surface area contributed by atoms with Crippen LogP contribution < -0.4 is 0 Å². The average Bonchev–Trinajstić information content (AvgIpc) is 2.91. The highest BCUT2D eigenvalue weighted by atomic mass is 35.5. The van der Waals surface area contributed by atoms with Gasteiger partial charge >= 0.3 is 0 Å². The lowest BCUT2D eigenvalue weighted by atomic mass is 9.98. The van der Waals surface area contributed by atoms with E-state index in [9.17, 15) is 14.4 Å². The van der Waals surface area contributed by atoms with E-state index in [1.165, 1.54) is 0 Å². The van der Waals surface area contributed by atoms with Gasteiger partial charge in [-0.2, -0.15) is 0 Å². The molecule has 2 heterocycles. The van der Waals surface area contributed by atoms with Crippen molar-refractivity contribution >= 4 is 50.5 Å². The molecule has 0 saturated carbocycles. The van der Waals surface area contributed by atoms with E-state index >= 15 is 0 Å². The van der Waals surface area contributed by atoms with Crippen molar-refractivity contribution in [1.29, 1.82) is 0 Å². The van der Waals surface area contributed by atoms with Gasteiger partial charge in [-0.15, -0.1) is 0 Å². The van der Waals surface area contributed by atoms with Crippen molar-refractivity contribution in [3.05, 3.63) is 36.0 Å². The molecule has 0 atom stereocenters. The van der Waals surface area contributed by atoms with Crippen molar-refractivity contribution in [3.63, 3.8) is 0 Å². The molecule has 1 aromatic heterocycles. The third kappa shape index (κ3) is 5.32. The molecule has 1 fully saturated rings. The lowest BCUT2D eigenvalue weighted by Gasteiger charge is -2.29. The molecule has 0 unspecified atom stereocenters. The lowest BCUT2D eigenvalue weighted by molar-refractivity contribution is -0.131. The number of nitrogens with zero attached hydrogens (tertiary/aromatic N) is 2. The first-order valence-electron chi connectivity index (χ1n) is 8.45. The zero-order valence-corrected chi connectivity index (χ0v) is 16.4.